The molecule has 3 aromatic rings. The second-order valence-corrected chi connectivity index (χ2v) is 7.17. The van der Waals surface area contributed by atoms with Crippen LogP contribution in [0.4, 0.5) is 10.6 Å². The number of amides is 3. The third-order valence-electron chi connectivity index (χ3n) is 5.16. The van der Waals surface area contributed by atoms with Gasteiger partial charge >= 0.3 is 6.03 Å². The lowest BCUT2D eigenvalue weighted by atomic mass is 9.97. The minimum absolute atomic E-state index is 0.121. The second-order valence-electron chi connectivity index (χ2n) is 7.17. The minimum atomic E-state index is -0.321. The summed E-state index contributed by atoms with van der Waals surface area (Å²) in [6.45, 7) is 5.29. The number of anilines is 1. The molecule has 29 heavy (non-hydrogen) atoms. The summed E-state index contributed by atoms with van der Waals surface area (Å²) in [6, 6.07) is 13.9. The van der Waals surface area contributed by atoms with Gasteiger partial charge in [0.25, 0.3) is 0 Å². The highest BCUT2D eigenvalue weighted by Crippen LogP contribution is 2.28. The first-order valence-electron chi connectivity index (χ1n) is 9.70. The maximum absolute atomic E-state index is 12.8. The van der Waals surface area contributed by atoms with Crippen molar-refractivity contribution in [1.82, 2.24) is 25.9 Å². The quantitative estimate of drug-likeness (QED) is 0.536. The highest BCUT2D eigenvalue weighted by molar-refractivity contribution is 5.96. The Morgan fingerprint density at radius 3 is 2.76 bits per heavy atom. The number of carbonyl (C=O) groups is 2. The Morgan fingerprint density at radius 1 is 1.17 bits per heavy atom. The second kappa shape index (κ2) is 7.92. The summed E-state index contributed by atoms with van der Waals surface area (Å²) < 4.78 is 0. The van der Waals surface area contributed by atoms with E-state index in [1.807, 2.05) is 50.2 Å². The van der Waals surface area contributed by atoms with Gasteiger partial charge in [-0.15, -0.1) is 0 Å². The third-order valence-corrected chi connectivity index (χ3v) is 5.16. The van der Waals surface area contributed by atoms with Crippen LogP contribution >= 0.6 is 0 Å². The Hall–Kier alpha value is -3.39. The van der Waals surface area contributed by atoms with E-state index in [1.54, 1.807) is 5.01 Å². The predicted octanol–water partition coefficient (Wildman–Crippen LogP) is 2.85. The van der Waals surface area contributed by atoms with Crippen molar-refractivity contribution in [3.8, 4) is 0 Å². The summed E-state index contributed by atoms with van der Waals surface area (Å²) in [6.07, 6.45) is 0. The van der Waals surface area contributed by atoms with Crippen molar-refractivity contribution >= 4 is 28.5 Å². The fraction of sp³-hybridized carbons (Fsp3) is 0.286. The maximum atomic E-state index is 12.8. The Kier molecular flexibility index (Phi) is 5.18. The van der Waals surface area contributed by atoms with Crippen molar-refractivity contribution in [2.75, 3.05) is 11.9 Å². The van der Waals surface area contributed by atoms with Gasteiger partial charge in [0.15, 0.2) is 5.82 Å². The summed E-state index contributed by atoms with van der Waals surface area (Å²) in [5.41, 5.74) is 5.51. The van der Waals surface area contributed by atoms with Gasteiger partial charge in [-0.05, 0) is 30.2 Å². The number of hydrazine groups is 1. The van der Waals surface area contributed by atoms with E-state index in [0.29, 0.717) is 25.5 Å². The van der Waals surface area contributed by atoms with Crippen molar-refractivity contribution in [2.45, 2.75) is 32.9 Å². The molecule has 8 nitrogen and oxygen atoms in total. The molecule has 1 aromatic heterocycles. The fourth-order valence-corrected chi connectivity index (χ4v) is 3.52. The van der Waals surface area contributed by atoms with E-state index in [0.717, 1.165) is 27.6 Å². The number of carbonyl (C=O) groups excluding carboxylic acids is 2. The van der Waals surface area contributed by atoms with Gasteiger partial charge in [-0.3, -0.25) is 15.3 Å². The van der Waals surface area contributed by atoms with Crippen LogP contribution in [0.15, 0.2) is 42.5 Å². The van der Waals surface area contributed by atoms with E-state index in [1.165, 1.54) is 0 Å². The number of H-pyrrole nitrogens is 1. The molecule has 2 heterocycles. The molecule has 0 saturated carbocycles. The smallest absolute Gasteiger partial charge is 0.329 e. The summed E-state index contributed by atoms with van der Waals surface area (Å²) in [4.78, 5) is 24.5. The van der Waals surface area contributed by atoms with Gasteiger partial charge in [0.2, 0.25) is 5.91 Å². The molecular weight excluding hydrogens is 368 g/mol. The standard InChI is InChI=1S/C21H24N6O2/c1-3-22-21(29)26-27-11-17-18(12-27)24-25-19(17)23-20(28)13(2)15-9-8-14-6-4-5-7-16(14)10-15/h4-10,13H,3,11-12H2,1-2H3,(H2,22,26,29)(H2,23,24,25,28). The Morgan fingerprint density at radius 2 is 1.97 bits per heavy atom. The molecule has 0 fully saturated rings. The first-order valence-corrected chi connectivity index (χ1v) is 9.70. The molecule has 3 amide bonds. The minimum Gasteiger partial charge on any atom is -0.337 e. The number of hydrogen-bond donors (Lipinski definition) is 4. The monoisotopic (exact) mass is 392 g/mol. The molecular formula is C21H24N6O2. The zero-order valence-electron chi connectivity index (χ0n) is 16.5. The number of nitrogens with zero attached hydrogens (tertiary/aromatic N) is 2. The van der Waals surface area contributed by atoms with Gasteiger partial charge in [-0.25, -0.2) is 9.80 Å². The van der Waals surface area contributed by atoms with Crippen LogP contribution in [0.3, 0.4) is 0 Å². The van der Waals surface area contributed by atoms with E-state index in [9.17, 15) is 9.59 Å². The highest BCUT2D eigenvalue weighted by Gasteiger charge is 2.27. The summed E-state index contributed by atoms with van der Waals surface area (Å²) in [5, 5.41) is 16.9. The number of fused-ring (bicyclic) bond motifs is 2. The van der Waals surface area contributed by atoms with E-state index in [2.05, 4.69) is 32.3 Å². The van der Waals surface area contributed by atoms with Gasteiger partial charge < -0.3 is 10.6 Å². The van der Waals surface area contributed by atoms with E-state index in [4.69, 9.17) is 0 Å². The molecule has 2 aromatic carbocycles. The van der Waals surface area contributed by atoms with E-state index >= 15 is 0 Å². The molecule has 1 aliphatic heterocycles. The number of nitrogens with one attached hydrogen (secondary N) is 4. The first kappa shape index (κ1) is 18.9. The molecule has 150 valence electrons. The summed E-state index contributed by atoms with van der Waals surface area (Å²) in [7, 11) is 0. The van der Waals surface area contributed by atoms with Crippen LogP contribution in [-0.4, -0.2) is 33.7 Å². The number of urea groups is 1. The number of benzene rings is 2. The topological polar surface area (TPSA) is 102 Å². The van der Waals surface area contributed by atoms with Crippen LogP contribution in [-0.2, 0) is 17.9 Å². The average molecular weight is 392 g/mol. The Labute approximate surface area is 168 Å². The number of aromatic amines is 1. The SMILES string of the molecule is CCNC(=O)NN1Cc2[nH]nc(NC(=O)C(C)c3ccc4ccccc4c3)c2C1. The largest absolute Gasteiger partial charge is 0.337 e. The molecule has 1 aliphatic rings. The molecule has 0 saturated heterocycles. The van der Waals surface area contributed by atoms with Crippen molar-refractivity contribution in [3.05, 3.63) is 59.3 Å². The van der Waals surface area contributed by atoms with Crippen LogP contribution in [0.5, 0.6) is 0 Å². The molecule has 1 unspecified atom stereocenters. The fourth-order valence-electron chi connectivity index (χ4n) is 3.52. The maximum Gasteiger partial charge on any atom is 0.329 e. The van der Waals surface area contributed by atoms with Crippen molar-refractivity contribution < 1.29 is 9.59 Å². The normalized spacial score (nSPS) is 14.4. The van der Waals surface area contributed by atoms with Crippen LogP contribution in [0.2, 0.25) is 0 Å². The van der Waals surface area contributed by atoms with Gasteiger partial charge in [-0.1, -0.05) is 42.5 Å². The Bertz CT molecular complexity index is 1060. The number of aromatic nitrogens is 2. The van der Waals surface area contributed by atoms with Crippen LogP contribution in [0, 0.1) is 0 Å². The van der Waals surface area contributed by atoms with Crippen LogP contribution < -0.4 is 16.1 Å². The third kappa shape index (κ3) is 3.93. The van der Waals surface area contributed by atoms with Gasteiger partial charge in [0, 0.05) is 18.7 Å². The van der Waals surface area contributed by atoms with Crippen LogP contribution in [0.25, 0.3) is 10.8 Å². The zero-order valence-corrected chi connectivity index (χ0v) is 16.5. The number of rotatable bonds is 5. The number of hydrogen-bond acceptors (Lipinski definition) is 4. The van der Waals surface area contributed by atoms with Crippen molar-refractivity contribution in [2.24, 2.45) is 0 Å². The molecule has 4 rings (SSSR count). The molecule has 8 heteroatoms. The van der Waals surface area contributed by atoms with Gasteiger partial charge in [0.1, 0.15) is 0 Å². The van der Waals surface area contributed by atoms with E-state index < -0.39 is 0 Å². The summed E-state index contributed by atoms with van der Waals surface area (Å²) >= 11 is 0. The average Bonchev–Trinajstić information content (AvgIpc) is 3.28. The van der Waals surface area contributed by atoms with Gasteiger partial charge in [0.05, 0.1) is 18.2 Å². The molecule has 0 spiro atoms. The zero-order chi connectivity index (χ0) is 20.4. The molecule has 1 atom stereocenters. The lowest BCUT2D eigenvalue weighted by Gasteiger charge is -2.17. The van der Waals surface area contributed by atoms with Gasteiger partial charge in [-0.2, -0.15) is 5.10 Å². The van der Waals surface area contributed by atoms with Crippen LogP contribution in [0.1, 0.15) is 36.6 Å². The lowest BCUT2D eigenvalue weighted by Crippen LogP contribution is -2.44. The van der Waals surface area contributed by atoms with E-state index in [-0.39, 0.29) is 17.9 Å². The van der Waals surface area contributed by atoms with Crippen molar-refractivity contribution in [1.29, 1.82) is 0 Å². The molecule has 4 N–H and O–H groups in total. The lowest BCUT2D eigenvalue weighted by molar-refractivity contribution is -0.117. The molecule has 0 radical (unpaired) electrons. The first-order chi connectivity index (χ1) is 14.0. The molecule has 0 aliphatic carbocycles. The Balaban J connectivity index is 1.44. The predicted molar refractivity (Wildman–Crippen MR) is 111 cm³/mol. The highest BCUT2D eigenvalue weighted by atomic mass is 16.2. The summed E-state index contributed by atoms with van der Waals surface area (Å²) in [5.74, 6) is 0.0699. The molecule has 0 bridgehead atoms. The van der Waals surface area contributed by atoms with Crippen molar-refractivity contribution in [3.63, 3.8) is 0 Å².